The second-order valence-electron chi connectivity index (χ2n) is 12.3. The van der Waals surface area contributed by atoms with E-state index in [1.165, 1.54) is 30.5 Å². The second kappa shape index (κ2) is 41.8. The number of rotatable bonds is 19. The number of hydrogen-bond acceptors (Lipinski definition) is 8. The maximum Gasteiger partial charge on any atom is 1.00 e. The quantitative estimate of drug-likeness (QED) is 0.0313. The van der Waals surface area contributed by atoms with Crippen molar-refractivity contribution in [3.05, 3.63) is 126 Å². The Morgan fingerprint density at radius 1 is 0.656 bits per heavy atom. The molecule has 8 nitrogen and oxygen atoms in total. The van der Waals surface area contributed by atoms with Crippen molar-refractivity contribution >= 4 is 34.2 Å². The van der Waals surface area contributed by atoms with Gasteiger partial charge in [-0.25, -0.2) is 4.74 Å². The molecule has 0 unspecified atom stereocenters. The Kier molecular flexibility index (Phi) is 44.8. The molecule has 0 aliphatic rings. The summed E-state index contributed by atoms with van der Waals surface area (Å²) in [6.07, 6.45) is 1.41. The number of ether oxygens (including phenoxy) is 5. The molecule has 16 heteroatoms. The Labute approximate surface area is 409 Å². The molecule has 0 radical (unpaired) electrons. The first-order chi connectivity index (χ1) is 28.3. The molecule has 3 aromatic rings. The molecular weight excluding hydrogens is 901 g/mol. The van der Waals surface area contributed by atoms with E-state index in [2.05, 4.69) is 91.0 Å². The molecule has 0 spiro atoms. The summed E-state index contributed by atoms with van der Waals surface area (Å²) in [4.78, 5) is 0. The van der Waals surface area contributed by atoms with Crippen molar-refractivity contribution in [2.24, 2.45) is 0 Å². The Balaban J connectivity index is -0.000000365. The Morgan fingerprint density at radius 3 is 1.28 bits per heavy atom. The van der Waals surface area contributed by atoms with Crippen molar-refractivity contribution in [2.45, 2.75) is 78.5 Å². The Morgan fingerprint density at radius 2 is 0.967 bits per heavy atom. The molecule has 3 rings (SSSR count). The topological polar surface area (TPSA) is 110 Å². The smallest absolute Gasteiger partial charge is 0.850 e. The number of benzene rings is 3. The summed E-state index contributed by atoms with van der Waals surface area (Å²) in [5.41, 5.74) is 2.85. The summed E-state index contributed by atoms with van der Waals surface area (Å²) in [5.74, 6) is 2.25. The van der Waals surface area contributed by atoms with Crippen molar-refractivity contribution in [3.63, 3.8) is 0 Å². The summed E-state index contributed by atoms with van der Waals surface area (Å²) in [6.45, 7) is 8.67. The third kappa shape index (κ3) is 45.6. The molecule has 0 fully saturated rings. The van der Waals surface area contributed by atoms with Crippen molar-refractivity contribution < 1.29 is 117 Å². The van der Waals surface area contributed by atoms with E-state index in [-0.39, 0.29) is 64.2 Å². The van der Waals surface area contributed by atoms with Crippen LogP contribution < -0.4 is 56.5 Å². The van der Waals surface area contributed by atoms with Gasteiger partial charge in [0.05, 0.1) is 26.4 Å². The van der Waals surface area contributed by atoms with Gasteiger partial charge in [-0.1, -0.05) is 178 Å². The molecule has 2 N–H and O–H groups in total. The molecule has 338 valence electrons. The predicted octanol–water partition coefficient (Wildman–Crippen LogP) is 7.81. The van der Waals surface area contributed by atoms with Crippen LogP contribution in [0.5, 0.6) is 0 Å². The molecule has 0 saturated heterocycles. The Bertz CT molecular complexity index is 1470. The maximum absolute atomic E-state index is 12.8. The number of allylic oxidation sites excluding steroid dienone is 1. The first-order valence-electron chi connectivity index (χ1n) is 18.6. The Hall–Kier alpha value is -2.18. The first-order valence-corrected chi connectivity index (χ1v) is 19.7. The van der Waals surface area contributed by atoms with Gasteiger partial charge in [-0.3, -0.25) is 4.74 Å². The van der Waals surface area contributed by atoms with E-state index in [1.807, 2.05) is 78.9 Å². The van der Waals surface area contributed by atoms with Crippen LogP contribution in [-0.2, 0) is 23.7 Å². The predicted molar refractivity (Wildman–Crippen MR) is 229 cm³/mol. The monoisotopic (exact) mass is 960 g/mol. The molecule has 0 aliphatic heterocycles. The zero-order valence-corrected chi connectivity index (χ0v) is 40.8. The fraction of sp³-hybridized carbons (Fsp3) is 0.422. The van der Waals surface area contributed by atoms with Crippen LogP contribution in [0.3, 0.4) is 0 Å². The molecule has 0 bridgehead atoms. The van der Waals surface area contributed by atoms with E-state index in [0.717, 1.165) is 5.33 Å². The zero-order valence-electron chi connectivity index (χ0n) is 36.1. The van der Waals surface area contributed by atoms with Crippen LogP contribution in [0.15, 0.2) is 109 Å². The van der Waals surface area contributed by atoms with Gasteiger partial charge in [0.1, 0.15) is 13.6 Å². The van der Waals surface area contributed by atoms with Crippen LogP contribution in [0.1, 0.15) is 71.1 Å². The number of alkyl halides is 7. The number of halogens is 7. The van der Waals surface area contributed by atoms with E-state index in [1.54, 1.807) is 27.7 Å². The minimum atomic E-state index is -5.50. The summed E-state index contributed by atoms with van der Waals surface area (Å²) in [7, 11) is 0. The van der Waals surface area contributed by atoms with Crippen molar-refractivity contribution in [1.29, 1.82) is 0 Å². The number of aliphatic hydroxyl groups excluding tert-OH is 1. The second-order valence-corrected chi connectivity index (χ2v) is 12.9. The SMILES string of the molecule is BrCC=Cc1ccccc1.C#CC.C(=Cc1ccccc1)COCOCC=Cc1ccccc1.CC(C)(C)[O-].CCCOC(F)(F)OC(F)(F)C(F)(F)OCCC.OCO.[K+]. The maximum atomic E-state index is 12.8. The molecule has 0 heterocycles. The van der Waals surface area contributed by atoms with Crippen molar-refractivity contribution in [1.82, 2.24) is 0 Å². The largest absolute Gasteiger partial charge is 1.00 e. The first kappa shape index (κ1) is 65.4. The molecule has 0 aliphatic carbocycles. The number of aliphatic hydroxyl groups is 2. The van der Waals surface area contributed by atoms with Crippen LogP contribution in [0.4, 0.5) is 26.3 Å². The zero-order chi connectivity index (χ0) is 46.2. The molecular formula is C45H60BrF6KO8. The molecule has 0 saturated carbocycles. The van der Waals surface area contributed by atoms with Gasteiger partial charge in [-0.05, 0) is 36.5 Å². The van der Waals surface area contributed by atoms with Crippen LogP contribution >= 0.6 is 15.9 Å². The average molecular weight is 962 g/mol. The molecule has 3 aromatic carbocycles. The van der Waals surface area contributed by atoms with Crippen LogP contribution in [0.25, 0.3) is 18.2 Å². The molecule has 0 amide bonds. The van der Waals surface area contributed by atoms with Gasteiger partial charge in [-0.2, -0.15) is 17.6 Å². The number of terminal acetylenes is 1. The summed E-state index contributed by atoms with van der Waals surface area (Å²) < 4.78 is 96.9. The normalized spacial score (nSPS) is 11.2. The molecule has 0 atom stereocenters. The van der Waals surface area contributed by atoms with Crippen molar-refractivity contribution in [2.75, 3.05) is 45.3 Å². The molecule has 0 aromatic heterocycles. The average Bonchev–Trinajstić information content (AvgIpc) is 3.19. The van der Waals surface area contributed by atoms with E-state index in [0.29, 0.717) is 20.0 Å². The fourth-order valence-electron chi connectivity index (χ4n) is 3.31. The van der Waals surface area contributed by atoms with Gasteiger partial charge in [-0.15, -0.1) is 26.7 Å². The summed E-state index contributed by atoms with van der Waals surface area (Å²) in [5, 5.41) is 25.3. The third-order valence-electron chi connectivity index (χ3n) is 5.56. The van der Waals surface area contributed by atoms with E-state index >= 15 is 0 Å². The number of hydrogen-bond donors (Lipinski definition) is 2. The third-order valence-corrected chi connectivity index (χ3v) is 5.93. The van der Waals surface area contributed by atoms with E-state index in [4.69, 9.17) is 19.7 Å². The van der Waals surface area contributed by atoms with Gasteiger partial charge in [0.15, 0.2) is 0 Å². The van der Waals surface area contributed by atoms with Gasteiger partial charge >= 0.3 is 69.9 Å². The van der Waals surface area contributed by atoms with E-state index in [9.17, 15) is 31.4 Å². The van der Waals surface area contributed by atoms with Crippen LogP contribution in [0, 0.1) is 12.3 Å². The minimum absolute atomic E-state index is 0. The van der Waals surface area contributed by atoms with Gasteiger partial charge in [0.25, 0.3) is 0 Å². The van der Waals surface area contributed by atoms with Crippen LogP contribution in [0.2, 0.25) is 0 Å². The summed E-state index contributed by atoms with van der Waals surface area (Å²) >= 11 is 3.32. The fourth-order valence-corrected chi connectivity index (χ4v) is 3.49. The van der Waals surface area contributed by atoms with Gasteiger partial charge in [0, 0.05) is 5.33 Å². The van der Waals surface area contributed by atoms with Gasteiger partial charge < -0.3 is 29.5 Å². The van der Waals surface area contributed by atoms with Gasteiger partial charge in [0.2, 0.25) is 0 Å². The standard InChI is InChI=1S/C19H20O2.C9H9Br.C9H14F6O3.C4H9O.C3H4.CH4O2.K/c1-3-9-18(10-4-1)13-7-15-20-17-21-16-8-14-19-11-5-2-6-12-19;10-8-4-7-9-5-2-1-3-6-9;1-3-5-16-7(10,11)8(12,13)18-9(14,15)17-6-4-2;1-4(2,3)5;1-3-2;2-1-3;/h1-14H,15-17H2;1-7H,8H2;3-6H2,1-2H3;1-3H3;1H,2H3;2-3H,1H2;/q;;;-1;;;+1. The van der Waals surface area contributed by atoms with Crippen molar-refractivity contribution in [3.8, 4) is 12.3 Å². The van der Waals surface area contributed by atoms with Crippen LogP contribution in [-0.4, -0.2) is 79.7 Å². The molecule has 61 heavy (non-hydrogen) atoms. The van der Waals surface area contributed by atoms with E-state index < -0.39 is 44.1 Å². The summed E-state index contributed by atoms with van der Waals surface area (Å²) in [6, 6.07) is 30.6. The minimum Gasteiger partial charge on any atom is -0.850 e.